The van der Waals surface area contributed by atoms with Gasteiger partial charge in [0.15, 0.2) is 11.5 Å². The molecular formula is C18H20FNO4S. The molecule has 134 valence electrons. The summed E-state index contributed by atoms with van der Waals surface area (Å²) >= 11 is 0. The highest BCUT2D eigenvalue weighted by molar-refractivity contribution is 7.89. The van der Waals surface area contributed by atoms with Crippen LogP contribution in [0.5, 0.6) is 11.5 Å². The normalized spacial score (nSPS) is 16.6. The minimum atomic E-state index is -3.75. The molecular weight excluding hydrogens is 345 g/mol. The van der Waals surface area contributed by atoms with E-state index in [1.54, 1.807) is 14.2 Å². The molecule has 0 saturated carbocycles. The van der Waals surface area contributed by atoms with Gasteiger partial charge in [-0.2, -0.15) is 0 Å². The van der Waals surface area contributed by atoms with Crippen molar-refractivity contribution in [3.8, 4) is 11.5 Å². The third-order valence-corrected chi connectivity index (χ3v) is 5.93. The number of hydrogen-bond donors (Lipinski definition) is 1. The fourth-order valence-electron chi connectivity index (χ4n) is 3.10. The van der Waals surface area contributed by atoms with E-state index < -0.39 is 15.8 Å². The molecule has 1 aliphatic rings. The van der Waals surface area contributed by atoms with Crippen LogP contribution in [0.25, 0.3) is 0 Å². The summed E-state index contributed by atoms with van der Waals surface area (Å²) in [6.45, 7) is 1.54. The third-order valence-electron chi connectivity index (χ3n) is 4.46. The smallest absolute Gasteiger partial charge is 0.241 e. The lowest BCUT2D eigenvalue weighted by atomic mass is 10.1. The molecule has 2 aromatic carbocycles. The van der Waals surface area contributed by atoms with Gasteiger partial charge in [-0.3, -0.25) is 0 Å². The second kappa shape index (κ2) is 6.65. The average Bonchev–Trinajstić information content (AvgIpc) is 2.97. The third kappa shape index (κ3) is 3.34. The zero-order valence-electron chi connectivity index (χ0n) is 14.3. The number of hydrogen-bond acceptors (Lipinski definition) is 4. The summed E-state index contributed by atoms with van der Waals surface area (Å²) in [6, 6.07) is 7.11. The van der Waals surface area contributed by atoms with Crippen LogP contribution in [0.4, 0.5) is 4.39 Å². The molecule has 1 atom stereocenters. The maximum Gasteiger partial charge on any atom is 0.241 e. The standard InChI is InChI=1S/C18H20FNO4S/c1-11-8-13(5-6-15(11)19)25(21,22)20-16-7-4-12-9-17(23-2)18(24-3)10-14(12)16/h5-6,8-10,16,20H,4,7H2,1-3H3. The van der Waals surface area contributed by atoms with Gasteiger partial charge in [-0.05, 0) is 66.8 Å². The number of methoxy groups -OCH3 is 2. The van der Waals surface area contributed by atoms with E-state index in [1.165, 1.54) is 25.1 Å². The van der Waals surface area contributed by atoms with Crippen molar-refractivity contribution in [1.29, 1.82) is 0 Å². The topological polar surface area (TPSA) is 64.6 Å². The van der Waals surface area contributed by atoms with Crippen molar-refractivity contribution < 1.29 is 22.3 Å². The zero-order valence-corrected chi connectivity index (χ0v) is 15.1. The number of ether oxygens (including phenoxy) is 2. The van der Waals surface area contributed by atoms with Gasteiger partial charge in [-0.15, -0.1) is 0 Å². The maximum atomic E-state index is 13.4. The summed E-state index contributed by atoms with van der Waals surface area (Å²) in [6.07, 6.45) is 1.39. The quantitative estimate of drug-likeness (QED) is 0.884. The van der Waals surface area contributed by atoms with Crippen LogP contribution in [-0.2, 0) is 16.4 Å². The minimum Gasteiger partial charge on any atom is -0.493 e. The first-order valence-corrected chi connectivity index (χ1v) is 9.37. The molecule has 1 aliphatic carbocycles. The predicted octanol–water partition coefficient (Wildman–Crippen LogP) is 3.12. The van der Waals surface area contributed by atoms with Crippen molar-refractivity contribution >= 4 is 10.0 Å². The lowest BCUT2D eigenvalue weighted by Gasteiger charge is -2.16. The Labute approximate surface area is 146 Å². The molecule has 25 heavy (non-hydrogen) atoms. The summed E-state index contributed by atoms with van der Waals surface area (Å²) < 4.78 is 52.0. The summed E-state index contributed by atoms with van der Waals surface area (Å²) in [4.78, 5) is 0.0559. The Morgan fingerprint density at radius 3 is 2.44 bits per heavy atom. The molecule has 0 amide bonds. The number of sulfonamides is 1. The molecule has 0 bridgehead atoms. The number of nitrogens with one attached hydrogen (secondary N) is 1. The lowest BCUT2D eigenvalue weighted by molar-refractivity contribution is 0.354. The van der Waals surface area contributed by atoms with Crippen molar-refractivity contribution in [2.45, 2.75) is 30.7 Å². The Morgan fingerprint density at radius 2 is 1.80 bits per heavy atom. The van der Waals surface area contributed by atoms with E-state index in [9.17, 15) is 12.8 Å². The molecule has 0 fully saturated rings. The van der Waals surface area contributed by atoms with E-state index in [-0.39, 0.29) is 10.9 Å². The van der Waals surface area contributed by atoms with Crippen LogP contribution in [-0.4, -0.2) is 22.6 Å². The molecule has 3 rings (SSSR count). The van der Waals surface area contributed by atoms with E-state index in [4.69, 9.17) is 9.47 Å². The molecule has 0 spiro atoms. The fourth-order valence-corrected chi connectivity index (χ4v) is 4.43. The molecule has 7 heteroatoms. The van der Waals surface area contributed by atoms with Crippen LogP contribution in [0.15, 0.2) is 35.2 Å². The predicted molar refractivity (Wildman–Crippen MR) is 92.1 cm³/mol. The number of halogens is 1. The Hall–Kier alpha value is -2.12. The largest absolute Gasteiger partial charge is 0.493 e. The average molecular weight is 365 g/mol. The van der Waals surface area contributed by atoms with E-state index in [1.807, 2.05) is 12.1 Å². The Morgan fingerprint density at radius 1 is 1.12 bits per heavy atom. The molecule has 0 aliphatic heterocycles. The van der Waals surface area contributed by atoms with Gasteiger partial charge in [0.05, 0.1) is 19.1 Å². The van der Waals surface area contributed by atoms with Gasteiger partial charge in [0.1, 0.15) is 5.82 Å². The molecule has 0 saturated heterocycles. The molecule has 2 aromatic rings. The van der Waals surface area contributed by atoms with Gasteiger partial charge < -0.3 is 9.47 Å². The Kier molecular flexibility index (Phi) is 4.71. The van der Waals surface area contributed by atoms with E-state index in [2.05, 4.69) is 4.72 Å². The first kappa shape index (κ1) is 17.7. The first-order valence-electron chi connectivity index (χ1n) is 7.89. The molecule has 5 nitrogen and oxygen atoms in total. The Bertz CT molecular complexity index is 912. The molecule has 0 aromatic heterocycles. The Balaban J connectivity index is 1.91. The molecule has 0 heterocycles. The number of rotatable bonds is 5. The highest BCUT2D eigenvalue weighted by atomic mass is 32.2. The highest BCUT2D eigenvalue weighted by Crippen LogP contribution is 2.39. The van der Waals surface area contributed by atoms with Crippen LogP contribution in [0.2, 0.25) is 0 Å². The summed E-state index contributed by atoms with van der Waals surface area (Å²) in [5.41, 5.74) is 2.20. The van der Waals surface area contributed by atoms with E-state index in [0.29, 0.717) is 23.5 Å². The summed E-state index contributed by atoms with van der Waals surface area (Å²) in [5.74, 6) is 0.755. The monoisotopic (exact) mass is 365 g/mol. The van der Waals surface area contributed by atoms with Crippen LogP contribution in [0.1, 0.15) is 29.2 Å². The lowest BCUT2D eigenvalue weighted by Crippen LogP contribution is -2.27. The van der Waals surface area contributed by atoms with Crippen LogP contribution in [0, 0.1) is 12.7 Å². The summed E-state index contributed by atoms with van der Waals surface area (Å²) in [7, 11) is -0.643. The van der Waals surface area contributed by atoms with Gasteiger partial charge >= 0.3 is 0 Å². The van der Waals surface area contributed by atoms with Crippen LogP contribution >= 0.6 is 0 Å². The van der Waals surface area contributed by atoms with E-state index in [0.717, 1.165) is 17.5 Å². The van der Waals surface area contributed by atoms with Crippen LogP contribution in [0.3, 0.4) is 0 Å². The molecule has 1 unspecified atom stereocenters. The maximum absolute atomic E-state index is 13.4. The fraction of sp³-hybridized carbons (Fsp3) is 0.333. The molecule has 0 radical (unpaired) electrons. The van der Waals surface area contributed by atoms with Gasteiger partial charge in [-0.25, -0.2) is 17.5 Å². The zero-order chi connectivity index (χ0) is 18.2. The van der Waals surface area contributed by atoms with Gasteiger partial charge in [0.25, 0.3) is 0 Å². The van der Waals surface area contributed by atoms with Crippen molar-refractivity contribution in [1.82, 2.24) is 4.72 Å². The second-order valence-corrected chi connectivity index (χ2v) is 7.74. The molecule has 1 N–H and O–H groups in total. The number of aryl methyl sites for hydroxylation is 2. The first-order chi connectivity index (χ1) is 11.9. The highest BCUT2D eigenvalue weighted by Gasteiger charge is 2.29. The second-order valence-electron chi connectivity index (χ2n) is 6.03. The SMILES string of the molecule is COc1cc2c(cc1OC)C(NS(=O)(=O)c1ccc(F)c(C)c1)CC2. The van der Waals surface area contributed by atoms with Crippen LogP contribution < -0.4 is 14.2 Å². The van der Waals surface area contributed by atoms with E-state index >= 15 is 0 Å². The van der Waals surface area contributed by atoms with Crippen molar-refractivity contribution in [2.75, 3.05) is 14.2 Å². The van der Waals surface area contributed by atoms with Crippen molar-refractivity contribution in [2.24, 2.45) is 0 Å². The van der Waals surface area contributed by atoms with Crippen molar-refractivity contribution in [3.05, 3.63) is 52.8 Å². The minimum absolute atomic E-state index is 0.0559. The summed E-state index contributed by atoms with van der Waals surface area (Å²) in [5, 5.41) is 0. The number of fused-ring (bicyclic) bond motifs is 1. The van der Waals surface area contributed by atoms with Gasteiger partial charge in [0, 0.05) is 6.04 Å². The van der Waals surface area contributed by atoms with Crippen molar-refractivity contribution in [3.63, 3.8) is 0 Å². The number of benzene rings is 2. The van der Waals surface area contributed by atoms with Gasteiger partial charge in [0.2, 0.25) is 10.0 Å². The van der Waals surface area contributed by atoms with Gasteiger partial charge in [-0.1, -0.05) is 0 Å².